The number of ether oxygens (including phenoxy) is 1. The number of aryl methyl sites for hydroxylation is 1. The first-order valence-corrected chi connectivity index (χ1v) is 8.08. The second-order valence-electron chi connectivity index (χ2n) is 6.07. The molecular weight excluding hydrogens is 250 g/mol. The van der Waals surface area contributed by atoms with Crippen molar-refractivity contribution in [2.24, 2.45) is 5.92 Å². The summed E-state index contributed by atoms with van der Waals surface area (Å²) in [6.45, 7) is 11.4. The highest BCUT2D eigenvalue weighted by Gasteiger charge is 2.18. The van der Waals surface area contributed by atoms with Crippen LogP contribution in [0.15, 0.2) is 0 Å². The molecule has 1 aromatic rings. The molecule has 0 unspecified atom stereocenters. The van der Waals surface area contributed by atoms with E-state index in [0.717, 1.165) is 58.5 Å². The molecule has 1 aliphatic heterocycles. The minimum Gasteiger partial charge on any atom is -0.381 e. The molecule has 1 N–H and O–H groups in total. The van der Waals surface area contributed by atoms with Gasteiger partial charge in [-0.3, -0.25) is 0 Å². The van der Waals surface area contributed by atoms with Crippen molar-refractivity contribution in [3.63, 3.8) is 0 Å². The van der Waals surface area contributed by atoms with E-state index < -0.39 is 0 Å². The van der Waals surface area contributed by atoms with Gasteiger partial charge in [-0.1, -0.05) is 20.8 Å². The zero-order valence-corrected chi connectivity index (χ0v) is 13.2. The lowest BCUT2D eigenvalue weighted by molar-refractivity contribution is 0.105. The van der Waals surface area contributed by atoms with Gasteiger partial charge in [0.25, 0.3) is 0 Å². The maximum atomic E-state index is 5.69. The van der Waals surface area contributed by atoms with Gasteiger partial charge in [0.15, 0.2) is 0 Å². The summed E-state index contributed by atoms with van der Waals surface area (Å²) < 4.78 is 8.15. The second-order valence-corrected chi connectivity index (χ2v) is 6.07. The van der Waals surface area contributed by atoms with E-state index in [2.05, 4.69) is 30.7 Å². The zero-order chi connectivity index (χ0) is 14.4. The van der Waals surface area contributed by atoms with Crippen LogP contribution in [0.25, 0.3) is 0 Å². The van der Waals surface area contributed by atoms with Crippen molar-refractivity contribution in [2.75, 3.05) is 19.8 Å². The van der Waals surface area contributed by atoms with Crippen LogP contribution in [0, 0.1) is 5.92 Å². The lowest BCUT2D eigenvalue weighted by Crippen LogP contribution is -2.25. The Morgan fingerprint density at radius 3 is 3.00 bits per heavy atom. The minimum atomic E-state index is 0.623. The molecule has 0 aliphatic carbocycles. The molecule has 1 aliphatic rings. The van der Waals surface area contributed by atoms with Crippen LogP contribution in [0.1, 0.15) is 50.8 Å². The molecular formula is C16H29N3O. The molecule has 0 amide bonds. The molecule has 20 heavy (non-hydrogen) atoms. The van der Waals surface area contributed by atoms with Crippen molar-refractivity contribution in [3.05, 3.63) is 17.2 Å². The molecule has 1 aromatic heterocycles. The van der Waals surface area contributed by atoms with Gasteiger partial charge in [0.2, 0.25) is 0 Å². The highest BCUT2D eigenvalue weighted by Crippen LogP contribution is 2.18. The monoisotopic (exact) mass is 279 g/mol. The van der Waals surface area contributed by atoms with Gasteiger partial charge in [0.05, 0.1) is 5.69 Å². The highest BCUT2D eigenvalue weighted by molar-refractivity contribution is 5.20. The van der Waals surface area contributed by atoms with Crippen LogP contribution in [0.4, 0.5) is 0 Å². The molecule has 0 fully saturated rings. The molecule has 0 saturated heterocycles. The first-order chi connectivity index (χ1) is 9.72. The average Bonchev–Trinajstić information content (AvgIpc) is 2.76. The Kier molecular flexibility index (Phi) is 6.05. The summed E-state index contributed by atoms with van der Waals surface area (Å²) in [6.07, 6.45) is 4.44. The number of fused-ring (bicyclic) bond motifs is 1. The summed E-state index contributed by atoms with van der Waals surface area (Å²) in [4.78, 5) is 4.83. The molecule has 114 valence electrons. The summed E-state index contributed by atoms with van der Waals surface area (Å²) in [5, 5.41) is 3.41. The van der Waals surface area contributed by atoms with Crippen LogP contribution in [0.2, 0.25) is 0 Å². The van der Waals surface area contributed by atoms with E-state index in [9.17, 15) is 0 Å². The molecule has 0 spiro atoms. The molecule has 2 heterocycles. The Hall–Kier alpha value is -0.870. The normalized spacial score (nSPS) is 14.8. The molecule has 4 heteroatoms. The van der Waals surface area contributed by atoms with Gasteiger partial charge in [-0.15, -0.1) is 0 Å². The largest absolute Gasteiger partial charge is 0.381 e. The van der Waals surface area contributed by atoms with E-state index in [1.807, 2.05) is 0 Å². The van der Waals surface area contributed by atoms with Gasteiger partial charge < -0.3 is 14.6 Å². The molecule has 0 bridgehead atoms. The number of rotatable bonds is 8. The van der Waals surface area contributed by atoms with Gasteiger partial charge in [-0.05, 0) is 18.8 Å². The summed E-state index contributed by atoms with van der Waals surface area (Å²) in [5.74, 6) is 1.89. The fourth-order valence-corrected chi connectivity index (χ4v) is 2.75. The zero-order valence-electron chi connectivity index (χ0n) is 13.2. The smallest absolute Gasteiger partial charge is 0.109 e. The predicted molar refractivity (Wildman–Crippen MR) is 81.9 cm³/mol. The van der Waals surface area contributed by atoms with E-state index >= 15 is 0 Å². The molecule has 0 aromatic carbocycles. The van der Waals surface area contributed by atoms with Crippen LogP contribution in [-0.2, 0) is 30.7 Å². The van der Waals surface area contributed by atoms with Gasteiger partial charge >= 0.3 is 0 Å². The van der Waals surface area contributed by atoms with Crippen molar-refractivity contribution in [3.8, 4) is 0 Å². The second kappa shape index (κ2) is 7.79. The Balaban J connectivity index is 1.93. The molecule has 4 nitrogen and oxygen atoms in total. The van der Waals surface area contributed by atoms with Crippen LogP contribution in [0.3, 0.4) is 0 Å². The lowest BCUT2D eigenvalue weighted by atomic mass is 10.2. The van der Waals surface area contributed by atoms with E-state index in [0.29, 0.717) is 5.92 Å². The fourth-order valence-electron chi connectivity index (χ4n) is 2.75. The third-order valence-corrected chi connectivity index (χ3v) is 3.66. The van der Waals surface area contributed by atoms with Crippen LogP contribution in [-0.4, -0.2) is 29.3 Å². The third-order valence-electron chi connectivity index (χ3n) is 3.66. The standard InChI is InChI=1S/C16H29N3O/c1-4-6-16-18-14-11-17-8-7-15(14)19(16)9-5-10-20-12-13(2)3/h13,17H,4-12H2,1-3H3. The fraction of sp³-hybridized carbons (Fsp3) is 0.812. The van der Waals surface area contributed by atoms with Gasteiger partial charge in [0.1, 0.15) is 5.82 Å². The SMILES string of the molecule is CCCc1nc2c(n1CCCOCC(C)C)CCNC2. The van der Waals surface area contributed by atoms with Crippen molar-refractivity contribution >= 4 is 0 Å². The van der Waals surface area contributed by atoms with E-state index in [4.69, 9.17) is 9.72 Å². The Morgan fingerprint density at radius 1 is 1.40 bits per heavy atom. The van der Waals surface area contributed by atoms with Crippen molar-refractivity contribution in [1.29, 1.82) is 0 Å². The Morgan fingerprint density at radius 2 is 2.25 bits per heavy atom. The maximum absolute atomic E-state index is 5.69. The Bertz CT molecular complexity index is 412. The topological polar surface area (TPSA) is 39.1 Å². The van der Waals surface area contributed by atoms with Gasteiger partial charge in [0, 0.05) is 51.4 Å². The maximum Gasteiger partial charge on any atom is 0.109 e. The molecule has 0 atom stereocenters. The molecule has 2 rings (SSSR count). The highest BCUT2D eigenvalue weighted by atomic mass is 16.5. The third kappa shape index (κ3) is 4.06. The number of imidazole rings is 1. The van der Waals surface area contributed by atoms with Gasteiger partial charge in [-0.25, -0.2) is 4.98 Å². The summed E-state index contributed by atoms with van der Waals surface area (Å²) >= 11 is 0. The summed E-state index contributed by atoms with van der Waals surface area (Å²) in [5.41, 5.74) is 2.72. The molecule has 0 radical (unpaired) electrons. The number of nitrogens with one attached hydrogen (secondary N) is 1. The number of aromatic nitrogens is 2. The average molecular weight is 279 g/mol. The van der Waals surface area contributed by atoms with E-state index in [1.54, 1.807) is 0 Å². The lowest BCUT2D eigenvalue weighted by Gasteiger charge is -2.16. The number of hydrogen-bond donors (Lipinski definition) is 1. The molecule has 0 saturated carbocycles. The van der Waals surface area contributed by atoms with Crippen molar-refractivity contribution < 1.29 is 4.74 Å². The van der Waals surface area contributed by atoms with Crippen molar-refractivity contribution in [1.82, 2.24) is 14.9 Å². The summed E-state index contributed by atoms with van der Waals surface area (Å²) in [6, 6.07) is 0. The van der Waals surface area contributed by atoms with Crippen LogP contribution >= 0.6 is 0 Å². The quantitative estimate of drug-likeness (QED) is 0.743. The summed E-state index contributed by atoms with van der Waals surface area (Å²) in [7, 11) is 0. The predicted octanol–water partition coefficient (Wildman–Crippen LogP) is 2.54. The van der Waals surface area contributed by atoms with E-state index in [-0.39, 0.29) is 0 Å². The minimum absolute atomic E-state index is 0.623. The van der Waals surface area contributed by atoms with Crippen molar-refractivity contribution in [2.45, 2.75) is 59.5 Å². The van der Waals surface area contributed by atoms with E-state index in [1.165, 1.54) is 17.2 Å². The first-order valence-electron chi connectivity index (χ1n) is 8.08. The number of hydrogen-bond acceptors (Lipinski definition) is 3. The first kappa shape index (κ1) is 15.5. The van der Waals surface area contributed by atoms with Crippen LogP contribution in [0.5, 0.6) is 0 Å². The van der Waals surface area contributed by atoms with Crippen LogP contribution < -0.4 is 5.32 Å². The number of nitrogens with zero attached hydrogens (tertiary/aromatic N) is 2. The van der Waals surface area contributed by atoms with Gasteiger partial charge in [-0.2, -0.15) is 0 Å². The Labute approximate surface area is 122 Å².